The maximum Gasteiger partial charge on any atom is -0.00459 e. The van der Waals surface area contributed by atoms with E-state index in [-0.39, 0.29) is 0 Å². The van der Waals surface area contributed by atoms with Crippen molar-refractivity contribution in [2.24, 2.45) is 17.4 Å². The number of hydrogen-bond donors (Lipinski definition) is 2. The molecule has 66 valence electrons. The average molecular weight is 156 g/mol. The zero-order chi connectivity index (χ0) is 8.53. The van der Waals surface area contributed by atoms with Crippen LogP contribution in [0.1, 0.15) is 25.7 Å². The second-order valence-electron chi connectivity index (χ2n) is 2.91. The lowest BCUT2D eigenvalue weighted by Crippen LogP contribution is -2.14. The summed E-state index contributed by atoms with van der Waals surface area (Å²) in [6.45, 7) is 5.27. The number of rotatable bonds is 7. The summed E-state index contributed by atoms with van der Waals surface area (Å²) in [6.07, 6.45) is 6.50. The van der Waals surface area contributed by atoms with E-state index in [2.05, 4.69) is 6.58 Å². The van der Waals surface area contributed by atoms with Gasteiger partial charge in [0.25, 0.3) is 0 Å². The normalized spacial score (nSPS) is 12.9. The molecular weight excluding hydrogens is 136 g/mol. The Morgan fingerprint density at radius 3 is 2.45 bits per heavy atom. The Hall–Kier alpha value is -0.340. The van der Waals surface area contributed by atoms with Crippen molar-refractivity contribution in [3.8, 4) is 0 Å². The highest BCUT2D eigenvalue weighted by Crippen LogP contribution is 2.10. The molecule has 0 spiro atoms. The third-order valence-electron chi connectivity index (χ3n) is 1.90. The molecule has 0 rings (SSSR count). The van der Waals surface area contributed by atoms with Gasteiger partial charge in [0, 0.05) is 0 Å². The Bertz CT molecular complexity index is 91.6. The largest absolute Gasteiger partial charge is 0.330 e. The van der Waals surface area contributed by atoms with Crippen LogP contribution in [0.5, 0.6) is 0 Å². The van der Waals surface area contributed by atoms with Crippen LogP contribution in [0.15, 0.2) is 12.7 Å². The highest BCUT2D eigenvalue weighted by atomic mass is 14.5. The lowest BCUT2D eigenvalue weighted by molar-refractivity contribution is 0.476. The smallest absolute Gasteiger partial charge is 0.00459 e. The molecule has 0 radical (unpaired) electrons. The topological polar surface area (TPSA) is 52.0 Å². The molecule has 2 heteroatoms. The molecule has 1 unspecified atom stereocenters. The zero-order valence-corrected chi connectivity index (χ0v) is 7.26. The molecule has 0 aliphatic heterocycles. The van der Waals surface area contributed by atoms with Crippen molar-refractivity contribution < 1.29 is 0 Å². The molecule has 1 atom stereocenters. The van der Waals surface area contributed by atoms with E-state index in [1.807, 2.05) is 6.08 Å². The van der Waals surface area contributed by atoms with E-state index in [0.29, 0.717) is 5.92 Å². The average Bonchev–Trinajstić information content (AvgIpc) is 2.03. The van der Waals surface area contributed by atoms with Gasteiger partial charge in [0.1, 0.15) is 0 Å². The second-order valence-corrected chi connectivity index (χ2v) is 2.91. The van der Waals surface area contributed by atoms with Crippen LogP contribution in [0.2, 0.25) is 0 Å². The molecular formula is C9H20N2. The highest BCUT2D eigenvalue weighted by molar-refractivity contribution is 4.73. The predicted octanol–water partition coefficient (Wildman–Crippen LogP) is 1.27. The molecule has 0 aromatic heterocycles. The first-order valence-electron chi connectivity index (χ1n) is 4.36. The van der Waals surface area contributed by atoms with Gasteiger partial charge in [-0.15, -0.1) is 6.58 Å². The van der Waals surface area contributed by atoms with Crippen LogP contribution in [0, 0.1) is 5.92 Å². The first-order valence-corrected chi connectivity index (χ1v) is 4.36. The van der Waals surface area contributed by atoms with Crippen LogP contribution in [0.25, 0.3) is 0 Å². The van der Waals surface area contributed by atoms with Gasteiger partial charge in [0.2, 0.25) is 0 Å². The highest BCUT2D eigenvalue weighted by Gasteiger charge is 2.02. The number of nitrogens with two attached hydrogens (primary N) is 2. The fourth-order valence-corrected chi connectivity index (χ4v) is 1.14. The minimum atomic E-state index is 0.624. The Morgan fingerprint density at radius 2 is 2.00 bits per heavy atom. The van der Waals surface area contributed by atoms with Crippen LogP contribution in [0.3, 0.4) is 0 Å². The molecule has 0 aliphatic carbocycles. The van der Waals surface area contributed by atoms with Crippen molar-refractivity contribution in [3.05, 3.63) is 12.7 Å². The summed E-state index contributed by atoms with van der Waals surface area (Å²) in [4.78, 5) is 0. The van der Waals surface area contributed by atoms with Gasteiger partial charge >= 0.3 is 0 Å². The minimum Gasteiger partial charge on any atom is -0.330 e. The van der Waals surface area contributed by atoms with E-state index in [9.17, 15) is 0 Å². The molecule has 0 saturated carbocycles. The molecule has 0 amide bonds. The monoisotopic (exact) mass is 156 g/mol. The zero-order valence-electron chi connectivity index (χ0n) is 7.26. The Morgan fingerprint density at radius 1 is 1.27 bits per heavy atom. The number of hydrogen-bond acceptors (Lipinski definition) is 2. The molecule has 0 aliphatic rings. The standard InChI is InChI=1S/C9H20N2/c1-2-5-9(8-11)6-3-4-7-10/h2,9H,1,3-8,10-11H2. The van der Waals surface area contributed by atoms with Gasteiger partial charge in [-0.1, -0.05) is 12.5 Å². The SMILES string of the molecule is C=CCC(CN)CCCCN. The van der Waals surface area contributed by atoms with Crippen LogP contribution < -0.4 is 11.5 Å². The van der Waals surface area contributed by atoms with Crippen molar-refractivity contribution in [1.82, 2.24) is 0 Å². The Balaban J connectivity index is 3.27. The summed E-state index contributed by atoms with van der Waals surface area (Å²) in [7, 11) is 0. The van der Waals surface area contributed by atoms with Gasteiger partial charge in [-0.05, 0) is 38.3 Å². The summed E-state index contributed by atoms with van der Waals surface area (Å²) < 4.78 is 0. The van der Waals surface area contributed by atoms with E-state index in [0.717, 1.165) is 25.9 Å². The van der Waals surface area contributed by atoms with Gasteiger partial charge in [-0.2, -0.15) is 0 Å². The maximum absolute atomic E-state index is 5.56. The molecule has 11 heavy (non-hydrogen) atoms. The molecule has 0 heterocycles. The number of allylic oxidation sites excluding steroid dienone is 1. The van der Waals surface area contributed by atoms with Crippen molar-refractivity contribution in [3.63, 3.8) is 0 Å². The van der Waals surface area contributed by atoms with Gasteiger partial charge in [0.15, 0.2) is 0 Å². The lowest BCUT2D eigenvalue weighted by atomic mass is 9.99. The Labute approximate surface area is 69.6 Å². The van der Waals surface area contributed by atoms with E-state index in [1.54, 1.807) is 0 Å². The predicted molar refractivity (Wildman–Crippen MR) is 50.3 cm³/mol. The fraction of sp³-hybridized carbons (Fsp3) is 0.778. The molecule has 4 N–H and O–H groups in total. The van der Waals surface area contributed by atoms with Crippen molar-refractivity contribution in [2.45, 2.75) is 25.7 Å². The molecule has 0 fully saturated rings. The first-order chi connectivity index (χ1) is 5.35. The summed E-state index contributed by atoms with van der Waals surface area (Å²) in [5, 5.41) is 0. The molecule has 0 aromatic carbocycles. The minimum absolute atomic E-state index is 0.624. The van der Waals surface area contributed by atoms with Crippen LogP contribution in [0.4, 0.5) is 0 Å². The lowest BCUT2D eigenvalue weighted by Gasteiger charge is -2.10. The summed E-state index contributed by atoms with van der Waals surface area (Å²) >= 11 is 0. The summed E-state index contributed by atoms with van der Waals surface area (Å²) in [6, 6.07) is 0. The molecule has 0 aromatic rings. The molecule has 0 bridgehead atoms. The van der Waals surface area contributed by atoms with Gasteiger partial charge in [-0.3, -0.25) is 0 Å². The van der Waals surface area contributed by atoms with Gasteiger partial charge < -0.3 is 11.5 Å². The molecule has 2 nitrogen and oxygen atoms in total. The third-order valence-corrected chi connectivity index (χ3v) is 1.90. The number of unbranched alkanes of at least 4 members (excludes halogenated alkanes) is 1. The van der Waals surface area contributed by atoms with Crippen LogP contribution in [-0.4, -0.2) is 13.1 Å². The van der Waals surface area contributed by atoms with Gasteiger partial charge in [0.05, 0.1) is 0 Å². The van der Waals surface area contributed by atoms with E-state index in [4.69, 9.17) is 11.5 Å². The van der Waals surface area contributed by atoms with E-state index >= 15 is 0 Å². The summed E-state index contributed by atoms with van der Waals surface area (Å²) in [5.41, 5.74) is 10.9. The Kier molecular flexibility index (Phi) is 7.52. The van der Waals surface area contributed by atoms with Crippen molar-refractivity contribution in [1.29, 1.82) is 0 Å². The second kappa shape index (κ2) is 7.76. The van der Waals surface area contributed by atoms with E-state index < -0.39 is 0 Å². The van der Waals surface area contributed by atoms with Crippen molar-refractivity contribution in [2.75, 3.05) is 13.1 Å². The van der Waals surface area contributed by atoms with E-state index in [1.165, 1.54) is 12.8 Å². The quantitative estimate of drug-likeness (QED) is 0.431. The fourth-order valence-electron chi connectivity index (χ4n) is 1.14. The first kappa shape index (κ1) is 10.7. The van der Waals surface area contributed by atoms with Crippen LogP contribution in [-0.2, 0) is 0 Å². The third kappa shape index (κ3) is 6.07. The summed E-state index contributed by atoms with van der Waals surface area (Å²) in [5.74, 6) is 0.624. The molecule has 0 saturated heterocycles. The van der Waals surface area contributed by atoms with Crippen molar-refractivity contribution >= 4 is 0 Å². The van der Waals surface area contributed by atoms with Gasteiger partial charge in [-0.25, -0.2) is 0 Å². The van der Waals surface area contributed by atoms with Crippen LogP contribution >= 0.6 is 0 Å². The maximum atomic E-state index is 5.56.